The molecule has 0 radical (unpaired) electrons. The number of halogens is 2. The third-order valence-electron chi connectivity index (χ3n) is 2.11. The molecule has 0 fully saturated rings. The first-order valence-electron chi connectivity index (χ1n) is 5.47. The summed E-state index contributed by atoms with van der Waals surface area (Å²) in [6.45, 7) is 7.21. The third kappa shape index (κ3) is 5.99. The molecule has 0 aromatic heterocycles. The van der Waals surface area contributed by atoms with Crippen molar-refractivity contribution in [2.45, 2.75) is 26.4 Å². The van der Waals surface area contributed by atoms with Gasteiger partial charge in [0.15, 0.2) is 0 Å². The van der Waals surface area contributed by atoms with Gasteiger partial charge in [0.2, 0.25) is 0 Å². The molecule has 16 heavy (non-hydrogen) atoms. The average molecular weight is 350 g/mol. The molecule has 0 aliphatic carbocycles. The fraction of sp³-hybridized carbons (Fsp3) is 0.500. The van der Waals surface area contributed by atoms with Gasteiger partial charge in [0, 0.05) is 34.6 Å². The Morgan fingerprint density at radius 3 is 2.25 bits per heavy atom. The number of hydrogen-bond acceptors (Lipinski definition) is 2. The molecule has 0 unspecified atom stereocenters. The first-order valence-corrected chi connectivity index (χ1v) is 7.05. The van der Waals surface area contributed by atoms with Crippen LogP contribution in [0.1, 0.15) is 19.4 Å². The minimum absolute atomic E-state index is 0.557. The molecule has 0 saturated carbocycles. The lowest BCUT2D eigenvalue weighted by molar-refractivity contribution is 0.555. The monoisotopic (exact) mass is 348 g/mol. The maximum absolute atomic E-state index is 3.48. The third-order valence-corrected chi connectivity index (χ3v) is 3.02. The summed E-state index contributed by atoms with van der Waals surface area (Å²) in [6.07, 6.45) is 0. The number of rotatable bonds is 6. The van der Waals surface area contributed by atoms with Gasteiger partial charge >= 0.3 is 0 Å². The molecule has 0 bridgehead atoms. The zero-order chi connectivity index (χ0) is 12.0. The zero-order valence-corrected chi connectivity index (χ0v) is 12.9. The molecular formula is C12H18Br2N2. The molecule has 1 aromatic carbocycles. The topological polar surface area (TPSA) is 24.1 Å². The van der Waals surface area contributed by atoms with Crippen LogP contribution < -0.4 is 10.6 Å². The van der Waals surface area contributed by atoms with Crippen LogP contribution in [0.15, 0.2) is 27.1 Å². The van der Waals surface area contributed by atoms with Crippen molar-refractivity contribution < 1.29 is 0 Å². The van der Waals surface area contributed by atoms with Gasteiger partial charge in [-0.3, -0.25) is 0 Å². The molecule has 0 aliphatic rings. The molecule has 2 N–H and O–H groups in total. The molecule has 4 heteroatoms. The van der Waals surface area contributed by atoms with Gasteiger partial charge in [-0.25, -0.2) is 0 Å². The Bertz CT molecular complexity index is 307. The first kappa shape index (κ1) is 14.2. The predicted octanol–water partition coefficient (Wildman–Crippen LogP) is 3.30. The van der Waals surface area contributed by atoms with Gasteiger partial charge in [-0.1, -0.05) is 45.7 Å². The fourth-order valence-electron chi connectivity index (χ4n) is 1.39. The van der Waals surface area contributed by atoms with Crippen molar-refractivity contribution in [1.29, 1.82) is 0 Å². The Balaban J connectivity index is 2.26. The van der Waals surface area contributed by atoms with E-state index >= 15 is 0 Å². The summed E-state index contributed by atoms with van der Waals surface area (Å²) in [4.78, 5) is 0. The average Bonchev–Trinajstić information content (AvgIpc) is 2.15. The molecule has 0 aliphatic heterocycles. The highest BCUT2D eigenvalue weighted by molar-refractivity contribution is 9.11. The summed E-state index contributed by atoms with van der Waals surface area (Å²) in [5.41, 5.74) is 1.28. The second kappa shape index (κ2) is 7.43. The van der Waals surface area contributed by atoms with Gasteiger partial charge < -0.3 is 10.6 Å². The van der Waals surface area contributed by atoms with Gasteiger partial charge in [-0.05, 0) is 23.8 Å². The van der Waals surface area contributed by atoms with E-state index in [0.29, 0.717) is 6.04 Å². The quantitative estimate of drug-likeness (QED) is 0.770. The van der Waals surface area contributed by atoms with E-state index in [4.69, 9.17) is 0 Å². The van der Waals surface area contributed by atoms with Gasteiger partial charge in [-0.2, -0.15) is 0 Å². The summed E-state index contributed by atoms with van der Waals surface area (Å²) in [6, 6.07) is 6.87. The molecule has 1 rings (SSSR count). The number of nitrogens with one attached hydrogen (secondary N) is 2. The van der Waals surface area contributed by atoms with E-state index in [1.54, 1.807) is 0 Å². The van der Waals surface area contributed by atoms with Crippen LogP contribution >= 0.6 is 31.9 Å². The highest BCUT2D eigenvalue weighted by atomic mass is 79.9. The van der Waals surface area contributed by atoms with E-state index in [0.717, 1.165) is 28.6 Å². The highest BCUT2D eigenvalue weighted by Crippen LogP contribution is 2.19. The Labute approximate surface area is 114 Å². The molecule has 0 heterocycles. The van der Waals surface area contributed by atoms with E-state index in [9.17, 15) is 0 Å². The maximum Gasteiger partial charge on any atom is 0.0206 e. The Morgan fingerprint density at radius 1 is 1.06 bits per heavy atom. The van der Waals surface area contributed by atoms with Crippen LogP contribution in [0, 0.1) is 0 Å². The molecule has 0 amide bonds. The van der Waals surface area contributed by atoms with Gasteiger partial charge in [0.05, 0.1) is 0 Å². The van der Waals surface area contributed by atoms with E-state index in [2.05, 4.69) is 68.5 Å². The van der Waals surface area contributed by atoms with E-state index in [1.165, 1.54) is 5.56 Å². The Kier molecular flexibility index (Phi) is 6.58. The van der Waals surface area contributed by atoms with Crippen molar-refractivity contribution >= 4 is 31.9 Å². The van der Waals surface area contributed by atoms with Crippen LogP contribution in [0.3, 0.4) is 0 Å². The molecular weight excluding hydrogens is 332 g/mol. The summed E-state index contributed by atoms with van der Waals surface area (Å²) in [5, 5.41) is 6.78. The van der Waals surface area contributed by atoms with Crippen LogP contribution in [-0.4, -0.2) is 19.1 Å². The summed E-state index contributed by atoms with van der Waals surface area (Å²) >= 11 is 6.97. The SMILES string of the molecule is CC(C)NCCNCc1cc(Br)cc(Br)c1. The molecule has 90 valence electrons. The molecule has 0 saturated heterocycles. The normalized spacial score (nSPS) is 11.1. The van der Waals surface area contributed by atoms with Crippen molar-refractivity contribution in [3.8, 4) is 0 Å². The molecule has 2 nitrogen and oxygen atoms in total. The van der Waals surface area contributed by atoms with E-state index in [1.807, 2.05) is 6.07 Å². The smallest absolute Gasteiger partial charge is 0.0206 e. The van der Waals surface area contributed by atoms with E-state index in [-0.39, 0.29) is 0 Å². The number of benzene rings is 1. The molecule has 0 spiro atoms. The van der Waals surface area contributed by atoms with Crippen LogP contribution in [0.4, 0.5) is 0 Å². The predicted molar refractivity (Wildman–Crippen MR) is 76.7 cm³/mol. The Hall–Kier alpha value is 0.1000. The van der Waals surface area contributed by atoms with Crippen LogP contribution in [0.2, 0.25) is 0 Å². The summed E-state index contributed by atoms with van der Waals surface area (Å²) in [7, 11) is 0. The summed E-state index contributed by atoms with van der Waals surface area (Å²) in [5.74, 6) is 0. The summed E-state index contributed by atoms with van der Waals surface area (Å²) < 4.78 is 2.22. The lowest BCUT2D eigenvalue weighted by Gasteiger charge is -2.09. The highest BCUT2D eigenvalue weighted by Gasteiger charge is 1.97. The van der Waals surface area contributed by atoms with Crippen LogP contribution in [0.25, 0.3) is 0 Å². The second-order valence-electron chi connectivity index (χ2n) is 4.06. The molecule has 1 aromatic rings. The van der Waals surface area contributed by atoms with Gasteiger partial charge in [0.25, 0.3) is 0 Å². The van der Waals surface area contributed by atoms with Crippen LogP contribution in [0.5, 0.6) is 0 Å². The minimum Gasteiger partial charge on any atom is -0.313 e. The second-order valence-corrected chi connectivity index (χ2v) is 5.89. The van der Waals surface area contributed by atoms with Crippen LogP contribution in [-0.2, 0) is 6.54 Å². The maximum atomic E-state index is 3.48. The van der Waals surface area contributed by atoms with Gasteiger partial charge in [-0.15, -0.1) is 0 Å². The van der Waals surface area contributed by atoms with Crippen molar-refractivity contribution in [3.63, 3.8) is 0 Å². The van der Waals surface area contributed by atoms with E-state index < -0.39 is 0 Å². The zero-order valence-electron chi connectivity index (χ0n) is 9.69. The lowest BCUT2D eigenvalue weighted by atomic mass is 10.2. The molecule has 0 atom stereocenters. The number of hydrogen-bond donors (Lipinski definition) is 2. The van der Waals surface area contributed by atoms with Crippen molar-refractivity contribution in [2.75, 3.05) is 13.1 Å². The largest absolute Gasteiger partial charge is 0.313 e. The first-order chi connectivity index (χ1) is 7.58. The lowest BCUT2D eigenvalue weighted by Crippen LogP contribution is -2.31. The fourth-order valence-corrected chi connectivity index (χ4v) is 2.78. The van der Waals surface area contributed by atoms with Gasteiger partial charge in [0.1, 0.15) is 0 Å². The van der Waals surface area contributed by atoms with Crippen molar-refractivity contribution in [3.05, 3.63) is 32.7 Å². The van der Waals surface area contributed by atoms with Crippen molar-refractivity contribution in [2.24, 2.45) is 0 Å². The Morgan fingerprint density at radius 2 is 1.69 bits per heavy atom. The standard InChI is InChI=1S/C12H18Br2N2/c1-9(2)16-4-3-15-8-10-5-11(13)7-12(14)6-10/h5-7,9,15-16H,3-4,8H2,1-2H3. The minimum atomic E-state index is 0.557. The van der Waals surface area contributed by atoms with Crippen molar-refractivity contribution in [1.82, 2.24) is 10.6 Å².